The first-order chi connectivity index (χ1) is 14.5. The summed E-state index contributed by atoms with van der Waals surface area (Å²) in [5.41, 5.74) is 3.47. The highest BCUT2D eigenvalue weighted by molar-refractivity contribution is 5.80. The molecule has 0 aliphatic carbocycles. The fraction of sp³-hybridized carbons (Fsp3) is 0.150. The van der Waals surface area contributed by atoms with Crippen LogP contribution in [-0.4, -0.2) is 29.9 Å². The van der Waals surface area contributed by atoms with E-state index in [9.17, 15) is 14.0 Å². The molecule has 4 rings (SSSR count). The first-order valence-corrected chi connectivity index (χ1v) is 9.05. The molecule has 0 aliphatic rings. The van der Waals surface area contributed by atoms with E-state index in [2.05, 4.69) is 20.5 Å². The van der Waals surface area contributed by atoms with Gasteiger partial charge in [-0.1, -0.05) is 18.2 Å². The number of aryl methyl sites for hydroxylation is 2. The lowest BCUT2D eigenvalue weighted by Crippen LogP contribution is -2.39. The van der Waals surface area contributed by atoms with E-state index in [4.69, 9.17) is 0 Å². The third kappa shape index (κ3) is 3.50. The van der Waals surface area contributed by atoms with Gasteiger partial charge in [0.05, 0.1) is 12.8 Å². The van der Waals surface area contributed by atoms with E-state index in [0.29, 0.717) is 11.5 Å². The number of fused-ring (bicyclic) bond motifs is 1. The zero-order valence-corrected chi connectivity index (χ0v) is 16.3. The van der Waals surface area contributed by atoms with Crippen molar-refractivity contribution in [1.82, 2.24) is 23.7 Å². The number of nitrogens with zero attached hydrogens (tertiary/aromatic N) is 6. The first-order valence-electron chi connectivity index (χ1n) is 9.05. The SMILES string of the molecule is Cn1c(N/N=C/c2cccnc2)nc2c1c(=O)n(Cc1cccc(F)c1)c(=O)n2C. The van der Waals surface area contributed by atoms with Crippen LogP contribution in [0, 0.1) is 5.82 Å². The van der Waals surface area contributed by atoms with Gasteiger partial charge in [0.2, 0.25) is 5.95 Å². The molecule has 0 radical (unpaired) electrons. The predicted octanol–water partition coefficient (Wildman–Crippen LogP) is 1.46. The number of pyridine rings is 1. The second kappa shape index (κ2) is 7.74. The van der Waals surface area contributed by atoms with Gasteiger partial charge in [0.1, 0.15) is 5.82 Å². The highest BCUT2D eigenvalue weighted by Gasteiger charge is 2.18. The Balaban J connectivity index is 1.74. The lowest BCUT2D eigenvalue weighted by Gasteiger charge is -2.08. The zero-order valence-electron chi connectivity index (χ0n) is 16.3. The number of aromatic nitrogens is 5. The average molecular weight is 407 g/mol. The molecule has 30 heavy (non-hydrogen) atoms. The van der Waals surface area contributed by atoms with E-state index >= 15 is 0 Å². The van der Waals surface area contributed by atoms with E-state index < -0.39 is 17.1 Å². The second-order valence-electron chi connectivity index (χ2n) is 6.69. The summed E-state index contributed by atoms with van der Waals surface area (Å²) >= 11 is 0. The van der Waals surface area contributed by atoms with Gasteiger partial charge in [0.15, 0.2) is 11.2 Å². The maximum Gasteiger partial charge on any atom is 0.332 e. The van der Waals surface area contributed by atoms with Gasteiger partial charge in [-0.15, -0.1) is 0 Å². The summed E-state index contributed by atoms with van der Waals surface area (Å²) in [5, 5.41) is 4.11. The van der Waals surface area contributed by atoms with Crippen molar-refractivity contribution in [2.45, 2.75) is 6.54 Å². The standard InChI is InChI=1S/C20H18FN7O2/c1-26-16-17(24-19(26)25-23-11-14-6-4-8-22-10-14)27(2)20(30)28(18(16)29)12-13-5-3-7-15(21)9-13/h3-11H,12H2,1-2H3,(H,24,25)/b23-11+. The molecule has 0 spiro atoms. The summed E-state index contributed by atoms with van der Waals surface area (Å²) in [6.45, 7) is -0.0493. The van der Waals surface area contributed by atoms with E-state index in [1.807, 2.05) is 6.07 Å². The van der Waals surface area contributed by atoms with Crippen molar-refractivity contribution in [1.29, 1.82) is 0 Å². The smallest absolute Gasteiger partial charge is 0.306 e. The number of hydrogen-bond acceptors (Lipinski definition) is 6. The monoisotopic (exact) mass is 407 g/mol. The van der Waals surface area contributed by atoms with Crippen molar-refractivity contribution < 1.29 is 4.39 Å². The number of hydrazone groups is 1. The Morgan fingerprint density at radius 3 is 2.73 bits per heavy atom. The van der Waals surface area contributed by atoms with E-state index in [1.165, 1.54) is 34.4 Å². The summed E-state index contributed by atoms with van der Waals surface area (Å²) in [6, 6.07) is 9.40. The lowest BCUT2D eigenvalue weighted by molar-refractivity contribution is 0.616. The molecule has 9 nitrogen and oxygen atoms in total. The molecule has 152 valence electrons. The van der Waals surface area contributed by atoms with Crippen LogP contribution in [0.25, 0.3) is 11.2 Å². The van der Waals surface area contributed by atoms with Gasteiger partial charge in [-0.2, -0.15) is 10.1 Å². The van der Waals surface area contributed by atoms with Gasteiger partial charge in [0, 0.05) is 32.1 Å². The summed E-state index contributed by atoms with van der Waals surface area (Å²) < 4.78 is 17.4. The van der Waals surface area contributed by atoms with Gasteiger partial charge in [0.25, 0.3) is 5.56 Å². The van der Waals surface area contributed by atoms with E-state index in [1.54, 1.807) is 37.8 Å². The highest BCUT2D eigenvalue weighted by Crippen LogP contribution is 2.14. The Labute approximate surface area is 169 Å². The number of benzene rings is 1. The molecule has 0 aliphatic heterocycles. The fourth-order valence-electron chi connectivity index (χ4n) is 3.12. The Hall–Kier alpha value is -4.08. The number of hydrogen-bond donors (Lipinski definition) is 1. The molecule has 10 heteroatoms. The van der Waals surface area contributed by atoms with Crippen LogP contribution in [-0.2, 0) is 20.6 Å². The highest BCUT2D eigenvalue weighted by atomic mass is 19.1. The molecule has 0 unspecified atom stereocenters. The topological polar surface area (TPSA) is 99.1 Å². The van der Waals surface area contributed by atoms with Gasteiger partial charge in [-0.3, -0.25) is 18.9 Å². The van der Waals surface area contributed by atoms with Crippen molar-refractivity contribution in [2.75, 3.05) is 5.43 Å². The number of halogens is 1. The molecule has 4 aromatic rings. The Bertz CT molecular complexity index is 1370. The van der Waals surface area contributed by atoms with Gasteiger partial charge < -0.3 is 4.57 Å². The van der Waals surface area contributed by atoms with Crippen molar-refractivity contribution in [3.8, 4) is 0 Å². The van der Waals surface area contributed by atoms with Crippen LogP contribution in [0.3, 0.4) is 0 Å². The van der Waals surface area contributed by atoms with Crippen LogP contribution in [0.4, 0.5) is 10.3 Å². The molecular weight excluding hydrogens is 389 g/mol. The maximum absolute atomic E-state index is 13.5. The number of rotatable bonds is 5. The summed E-state index contributed by atoms with van der Waals surface area (Å²) in [7, 11) is 3.18. The molecule has 1 aromatic carbocycles. The third-order valence-corrected chi connectivity index (χ3v) is 4.65. The molecular formula is C20H18FN7O2. The number of anilines is 1. The molecule has 0 bridgehead atoms. The molecule has 0 saturated carbocycles. The van der Waals surface area contributed by atoms with Gasteiger partial charge in [-0.25, -0.2) is 14.6 Å². The van der Waals surface area contributed by atoms with Crippen LogP contribution < -0.4 is 16.7 Å². The fourth-order valence-corrected chi connectivity index (χ4v) is 3.12. The number of imidazole rings is 1. The molecule has 0 saturated heterocycles. The largest absolute Gasteiger partial charge is 0.332 e. The first kappa shape index (κ1) is 19.2. The van der Waals surface area contributed by atoms with Crippen LogP contribution in [0.2, 0.25) is 0 Å². The Morgan fingerprint density at radius 1 is 1.17 bits per heavy atom. The molecule has 3 heterocycles. The maximum atomic E-state index is 13.5. The van der Waals surface area contributed by atoms with Crippen LogP contribution in [0.15, 0.2) is 63.5 Å². The van der Waals surface area contributed by atoms with Crippen molar-refractivity contribution in [3.63, 3.8) is 0 Å². The summed E-state index contributed by atoms with van der Waals surface area (Å²) in [4.78, 5) is 34.1. The van der Waals surface area contributed by atoms with Crippen LogP contribution in [0.5, 0.6) is 0 Å². The van der Waals surface area contributed by atoms with Crippen LogP contribution in [0.1, 0.15) is 11.1 Å². The second-order valence-corrected chi connectivity index (χ2v) is 6.69. The lowest BCUT2D eigenvalue weighted by atomic mass is 10.2. The molecule has 0 fully saturated rings. The molecule has 3 aromatic heterocycles. The third-order valence-electron chi connectivity index (χ3n) is 4.65. The summed E-state index contributed by atoms with van der Waals surface area (Å²) in [6.07, 6.45) is 4.87. The van der Waals surface area contributed by atoms with Gasteiger partial charge >= 0.3 is 5.69 Å². The minimum atomic E-state index is -0.541. The average Bonchev–Trinajstić information content (AvgIpc) is 3.07. The van der Waals surface area contributed by atoms with E-state index in [-0.39, 0.29) is 17.7 Å². The molecule has 0 amide bonds. The Morgan fingerprint density at radius 2 is 2.00 bits per heavy atom. The zero-order chi connectivity index (χ0) is 21.3. The van der Waals surface area contributed by atoms with Crippen molar-refractivity contribution >= 4 is 23.3 Å². The van der Waals surface area contributed by atoms with Crippen molar-refractivity contribution in [2.24, 2.45) is 19.2 Å². The molecule has 0 atom stereocenters. The summed E-state index contributed by atoms with van der Waals surface area (Å²) in [5.74, 6) is -0.141. The number of nitrogens with one attached hydrogen (secondary N) is 1. The normalized spacial score (nSPS) is 11.4. The predicted molar refractivity (Wildman–Crippen MR) is 111 cm³/mol. The Kier molecular flexibility index (Phi) is 4.97. The van der Waals surface area contributed by atoms with Crippen molar-refractivity contribution in [3.05, 3.63) is 86.6 Å². The molecule has 1 N–H and O–H groups in total. The minimum Gasteiger partial charge on any atom is -0.306 e. The van der Waals surface area contributed by atoms with Gasteiger partial charge in [-0.05, 0) is 23.8 Å². The quantitative estimate of drug-likeness (QED) is 0.399. The minimum absolute atomic E-state index is 0.0493. The van der Waals surface area contributed by atoms with E-state index in [0.717, 1.165) is 10.1 Å². The van der Waals surface area contributed by atoms with Crippen LogP contribution >= 0.6 is 0 Å².